The first-order valence-corrected chi connectivity index (χ1v) is 9.87. The molecule has 2 rings (SSSR count). The molecule has 5 heteroatoms. The van der Waals surface area contributed by atoms with Gasteiger partial charge in [0.15, 0.2) is 0 Å². The Morgan fingerprint density at radius 1 is 1.07 bits per heavy atom. The van der Waals surface area contributed by atoms with Gasteiger partial charge >= 0.3 is 0 Å². The van der Waals surface area contributed by atoms with Crippen LogP contribution in [-0.2, 0) is 0 Å². The number of hydrogen-bond acceptors (Lipinski definition) is 3. The van der Waals surface area contributed by atoms with Gasteiger partial charge in [-0.15, -0.1) is 0 Å². The van der Waals surface area contributed by atoms with Crippen molar-refractivity contribution in [2.45, 2.75) is 39.8 Å². The van der Waals surface area contributed by atoms with Crippen LogP contribution in [0.1, 0.15) is 49.7 Å². The Balaban J connectivity index is 2.10. The largest absolute Gasteiger partial charge is 0.491 e. The SMILES string of the molecule is CCN(CC)[C@@H](CNC(=O)c1ccc(OC(C)C)cc1)c1ccccc1Cl. The molecular weight excluding hydrogens is 360 g/mol. The second kappa shape index (κ2) is 10.3. The van der Waals surface area contributed by atoms with E-state index in [2.05, 4.69) is 24.1 Å². The average Bonchev–Trinajstić information content (AvgIpc) is 2.66. The number of nitrogens with zero attached hydrogens (tertiary/aromatic N) is 1. The molecule has 0 saturated carbocycles. The first kappa shape index (κ1) is 21.3. The number of carbonyl (C=O) groups is 1. The molecule has 0 aliphatic rings. The number of likely N-dealkylation sites (N-methyl/N-ethyl adjacent to an activating group) is 1. The van der Waals surface area contributed by atoms with Crippen LogP contribution in [-0.4, -0.2) is 36.5 Å². The van der Waals surface area contributed by atoms with E-state index in [1.165, 1.54) is 0 Å². The summed E-state index contributed by atoms with van der Waals surface area (Å²) in [6, 6.07) is 15.1. The number of carbonyl (C=O) groups excluding carboxylic acids is 1. The molecule has 4 nitrogen and oxygen atoms in total. The normalized spacial score (nSPS) is 12.3. The van der Waals surface area contributed by atoms with E-state index in [1.807, 2.05) is 50.2 Å². The molecule has 0 radical (unpaired) electrons. The zero-order chi connectivity index (χ0) is 19.8. The molecular formula is C22H29ClN2O2. The fourth-order valence-electron chi connectivity index (χ4n) is 3.09. The topological polar surface area (TPSA) is 41.6 Å². The third kappa shape index (κ3) is 5.98. The molecule has 1 amide bonds. The molecule has 0 unspecified atom stereocenters. The first-order chi connectivity index (χ1) is 13.0. The van der Waals surface area contributed by atoms with Crippen molar-refractivity contribution >= 4 is 17.5 Å². The molecule has 2 aromatic rings. The van der Waals surface area contributed by atoms with E-state index in [-0.39, 0.29) is 18.1 Å². The van der Waals surface area contributed by atoms with E-state index >= 15 is 0 Å². The molecule has 0 aromatic heterocycles. The maximum absolute atomic E-state index is 12.6. The molecule has 27 heavy (non-hydrogen) atoms. The van der Waals surface area contributed by atoms with Crippen molar-refractivity contribution < 1.29 is 9.53 Å². The fourth-order valence-corrected chi connectivity index (χ4v) is 3.36. The van der Waals surface area contributed by atoms with Gasteiger partial charge in [-0.05, 0) is 62.8 Å². The number of amides is 1. The quantitative estimate of drug-likeness (QED) is 0.661. The Morgan fingerprint density at radius 2 is 1.70 bits per heavy atom. The summed E-state index contributed by atoms with van der Waals surface area (Å²) in [6.07, 6.45) is 0.107. The minimum absolute atomic E-state index is 0.0289. The molecule has 0 heterocycles. The van der Waals surface area contributed by atoms with Crippen LogP contribution in [0.3, 0.4) is 0 Å². The third-order valence-corrected chi connectivity index (χ3v) is 4.81. The number of benzene rings is 2. The summed E-state index contributed by atoms with van der Waals surface area (Å²) < 4.78 is 5.63. The van der Waals surface area contributed by atoms with Crippen LogP contribution in [0.25, 0.3) is 0 Å². The lowest BCUT2D eigenvalue weighted by Crippen LogP contribution is -2.38. The Kier molecular flexibility index (Phi) is 8.14. The molecule has 0 spiro atoms. The summed E-state index contributed by atoms with van der Waals surface area (Å²) in [6.45, 7) is 10.4. The van der Waals surface area contributed by atoms with Crippen molar-refractivity contribution in [1.82, 2.24) is 10.2 Å². The molecule has 2 aromatic carbocycles. The van der Waals surface area contributed by atoms with E-state index in [4.69, 9.17) is 16.3 Å². The second-order valence-corrected chi connectivity index (χ2v) is 7.07. The first-order valence-electron chi connectivity index (χ1n) is 9.49. The van der Waals surface area contributed by atoms with Crippen LogP contribution in [0.2, 0.25) is 5.02 Å². The van der Waals surface area contributed by atoms with Gasteiger partial charge in [-0.2, -0.15) is 0 Å². The van der Waals surface area contributed by atoms with Crippen LogP contribution < -0.4 is 10.1 Å². The minimum atomic E-state index is -0.102. The lowest BCUT2D eigenvalue weighted by atomic mass is 10.0. The van der Waals surface area contributed by atoms with Crippen molar-refractivity contribution in [3.8, 4) is 5.75 Å². The zero-order valence-corrected chi connectivity index (χ0v) is 17.3. The molecule has 0 saturated heterocycles. The van der Waals surface area contributed by atoms with Crippen molar-refractivity contribution in [3.63, 3.8) is 0 Å². The smallest absolute Gasteiger partial charge is 0.251 e. The van der Waals surface area contributed by atoms with Gasteiger partial charge < -0.3 is 10.1 Å². The van der Waals surface area contributed by atoms with E-state index in [0.717, 1.165) is 29.4 Å². The lowest BCUT2D eigenvalue weighted by Gasteiger charge is -2.31. The van der Waals surface area contributed by atoms with Gasteiger partial charge in [-0.3, -0.25) is 9.69 Å². The predicted molar refractivity (Wildman–Crippen MR) is 112 cm³/mol. The summed E-state index contributed by atoms with van der Waals surface area (Å²) in [4.78, 5) is 14.9. The van der Waals surface area contributed by atoms with E-state index in [1.54, 1.807) is 12.1 Å². The van der Waals surface area contributed by atoms with Crippen LogP contribution >= 0.6 is 11.6 Å². The van der Waals surface area contributed by atoms with Gasteiger partial charge in [-0.25, -0.2) is 0 Å². The van der Waals surface area contributed by atoms with Crippen molar-refractivity contribution in [3.05, 3.63) is 64.7 Å². The van der Waals surface area contributed by atoms with E-state index in [0.29, 0.717) is 12.1 Å². The maximum atomic E-state index is 12.6. The Bertz CT molecular complexity index is 727. The summed E-state index contributed by atoms with van der Waals surface area (Å²) in [5.41, 5.74) is 1.65. The van der Waals surface area contributed by atoms with Crippen LogP contribution in [0.15, 0.2) is 48.5 Å². The molecule has 1 atom stereocenters. The van der Waals surface area contributed by atoms with Crippen LogP contribution in [0.4, 0.5) is 0 Å². The number of rotatable bonds is 9. The highest BCUT2D eigenvalue weighted by molar-refractivity contribution is 6.31. The Morgan fingerprint density at radius 3 is 2.26 bits per heavy atom. The molecule has 0 bridgehead atoms. The third-order valence-electron chi connectivity index (χ3n) is 4.46. The average molecular weight is 389 g/mol. The lowest BCUT2D eigenvalue weighted by molar-refractivity contribution is 0.0935. The summed E-state index contributed by atoms with van der Waals surface area (Å²) in [7, 11) is 0. The van der Waals surface area contributed by atoms with Gasteiger partial charge in [0.2, 0.25) is 0 Å². The van der Waals surface area contributed by atoms with Crippen molar-refractivity contribution in [1.29, 1.82) is 0 Å². The molecule has 0 fully saturated rings. The minimum Gasteiger partial charge on any atom is -0.491 e. The fraction of sp³-hybridized carbons (Fsp3) is 0.409. The summed E-state index contributed by atoms with van der Waals surface area (Å²) in [5.74, 6) is 0.661. The molecule has 0 aliphatic heterocycles. The molecule has 0 aliphatic carbocycles. The maximum Gasteiger partial charge on any atom is 0.251 e. The zero-order valence-electron chi connectivity index (χ0n) is 16.5. The number of ether oxygens (including phenoxy) is 1. The van der Waals surface area contributed by atoms with Gasteiger partial charge in [0.05, 0.1) is 12.1 Å². The standard InChI is InChI=1S/C22H29ClN2O2/c1-5-25(6-2)21(19-9-7-8-10-20(19)23)15-24-22(26)17-11-13-18(14-12-17)27-16(3)4/h7-14,16,21H,5-6,15H2,1-4H3,(H,24,26)/t21-/m0/s1. The van der Waals surface area contributed by atoms with Gasteiger partial charge in [-0.1, -0.05) is 43.6 Å². The number of halogens is 1. The van der Waals surface area contributed by atoms with Gasteiger partial charge in [0.25, 0.3) is 5.91 Å². The highest BCUT2D eigenvalue weighted by Gasteiger charge is 2.21. The van der Waals surface area contributed by atoms with Crippen LogP contribution in [0.5, 0.6) is 5.75 Å². The van der Waals surface area contributed by atoms with Gasteiger partial charge in [0.1, 0.15) is 5.75 Å². The monoisotopic (exact) mass is 388 g/mol. The van der Waals surface area contributed by atoms with E-state index in [9.17, 15) is 4.79 Å². The molecule has 146 valence electrons. The summed E-state index contributed by atoms with van der Waals surface area (Å²) >= 11 is 6.41. The predicted octanol–water partition coefficient (Wildman–Crippen LogP) is 4.94. The second-order valence-electron chi connectivity index (χ2n) is 6.66. The highest BCUT2D eigenvalue weighted by Crippen LogP contribution is 2.27. The number of hydrogen-bond donors (Lipinski definition) is 1. The highest BCUT2D eigenvalue weighted by atomic mass is 35.5. The van der Waals surface area contributed by atoms with Gasteiger partial charge in [0, 0.05) is 17.1 Å². The summed E-state index contributed by atoms with van der Waals surface area (Å²) in [5, 5.41) is 3.78. The van der Waals surface area contributed by atoms with Crippen molar-refractivity contribution in [2.24, 2.45) is 0 Å². The number of nitrogens with one attached hydrogen (secondary N) is 1. The Labute approximate surface area is 167 Å². The van der Waals surface area contributed by atoms with Crippen molar-refractivity contribution in [2.75, 3.05) is 19.6 Å². The van der Waals surface area contributed by atoms with E-state index < -0.39 is 0 Å². The van der Waals surface area contributed by atoms with Crippen LogP contribution in [0, 0.1) is 0 Å². The Hall–Kier alpha value is -2.04. The molecule has 1 N–H and O–H groups in total.